The van der Waals surface area contributed by atoms with Gasteiger partial charge in [-0.2, -0.15) is 0 Å². The maximum Gasteiger partial charge on any atom is 0.236 e. The zero-order valence-corrected chi connectivity index (χ0v) is 6.84. The summed E-state index contributed by atoms with van der Waals surface area (Å²) in [6, 6.07) is 0.402. The molecule has 1 amide bonds. The molecule has 1 saturated heterocycles. The molecule has 4 nitrogen and oxygen atoms in total. The molecule has 0 aromatic carbocycles. The van der Waals surface area contributed by atoms with Crippen LogP contribution in [0.25, 0.3) is 0 Å². The lowest BCUT2D eigenvalue weighted by atomic mass is 10.2. The SMILES string of the molecule is C[C@H]1CN(C(=O)CN)CCN1. The van der Waals surface area contributed by atoms with Crippen LogP contribution in [-0.2, 0) is 4.79 Å². The summed E-state index contributed by atoms with van der Waals surface area (Å²) in [6.07, 6.45) is 0. The molecule has 3 N–H and O–H groups in total. The van der Waals surface area contributed by atoms with Crippen molar-refractivity contribution in [1.82, 2.24) is 10.2 Å². The molecule has 0 radical (unpaired) electrons. The quantitative estimate of drug-likeness (QED) is 0.501. The van der Waals surface area contributed by atoms with Crippen molar-refractivity contribution >= 4 is 5.91 Å². The van der Waals surface area contributed by atoms with Gasteiger partial charge in [0.1, 0.15) is 0 Å². The maximum absolute atomic E-state index is 11.1. The van der Waals surface area contributed by atoms with Crippen molar-refractivity contribution in [3.63, 3.8) is 0 Å². The van der Waals surface area contributed by atoms with Crippen molar-refractivity contribution in [2.75, 3.05) is 26.2 Å². The minimum atomic E-state index is 0.0540. The molecule has 4 heteroatoms. The van der Waals surface area contributed by atoms with E-state index in [2.05, 4.69) is 12.2 Å². The number of carbonyl (C=O) groups excluding carboxylic acids is 1. The van der Waals surface area contributed by atoms with Crippen LogP contribution in [0.3, 0.4) is 0 Å². The van der Waals surface area contributed by atoms with E-state index in [0.717, 1.165) is 19.6 Å². The summed E-state index contributed by atoms with van der Waals surface area (Å²) in [5.41, 5.74) is 5.24. The number of carbonyl (C=O) groups is 1. The first-order valence-corrected chi connectivity index (χ1v) is 3.95. The molecule has 1 rings (SSSR count). The molecular weight excluding hydrogens is 142 g/mol. The van der Waals surface area contributed by atoms with E-state index >= 15 is 0 Å². The van der Waals surface area contributed by atoms with Crippen LogP contribution >= 0.6 is 0 Å². The van der Waals surface area contributed by atoms with Gasteiger partial charge in [0.05, 0.1) is 6.54 Å². The zero-order chi connectivity index (χ0) is 8.27. The average molecular weight is 157 g/mol. The number of piperazine rings is 1. The van der Waals surface area contributed by atoms with Crippen LogP contribution in [0.4, 0.5) is 0 Å². The summed E-state index contributed by atoms with van der Waals surface area (Å²) in [5, 5.41) is 3.26. The van der Waals surface area contributed by atoms with Gasteiger partial charge >= 0.3 is 0 Å². The Hall–Kier alpha value is -0.610. The molecule has 11 heavy (non-hydrogen) atoms. The fourth-order valence-corrected chi connectivity index (χ4v) is 1.29. The highest BCUT2D eigenvalue weighted by Gasteiger charge is 2.18. The Morgan fingerprint density at radius 1 is 1.82 bits per heavy atom. The average Bonchev–Trinajstić information content (AvgIpc) is 2.03. The first-order valence-electron chi connectivity index (χ1n) is 3.95. The largest absolute Gasteiger partial charge is 0.339 e. The van der Waals surface area contributed by atoms with Crippen LogP contribution in [0.5, 0.6) is 0 Å². The van der Waals surface area contributed by atoms with Gasteiger partial charge in [-0.15, -0.1) is 0 Å². The molecule has 0 aromatic rings. The molecule has 0 aromatic heterocycles. The lowest BCUT2D eigenvalue weighted by Gasteiger charge is -2.31. The number of amides is 1. The van der Waals surface area contributed by atoms with Crippen molar-refractivity contribution in [1.29, 1.82) is 0 Å². The van der Waals surface area contributed by atoms with E-state index in [-0.39, 0.29) is 12.5 Å². The molecule has 0 aliphatic carbocycles. The zero-order valence-electron chi connectivity index (χ0n) is 6.84. The lowest BCUT2D eigenvalue weighted by Crippen LogP contribution is -2.52. The number of nitrogens with zero attached hydrogens (tertiary/aromatic N) is 1. The Bertz CT molecular complexity index is 149. The molecule has 1 atom stereocenters. The summed E-state index contributed by atoms with van der Waals surface area (Å²) in [5.74, 6) is 0.0540. The summed E-state index contributed by atoms with van der Waals surface area (Å²) >= 11 is 0. The molecule has 0 bridgehead atoms. The topological polar surface area (TPSA) is 58.4 Å². The van der Waals surface area contributed by atoms with Crippen molar-refractivity contribution in [3.8, 4) is 0 Å². The second-order valence-electron chi connectivity index (χ2n) is 2.90. The van der Waals surface area contributed by atoms with Crippen LogP contribution in [0.15, 0.2) is 0 Å². The minimum absolute atomic E-state index is 0.0540. The Morgan fingerprint density at radius 3 is 3.09 bits per heavy atom. The van der Waals surface area contributed by atoms with Crippen LogP contribution in [0.1, 0.15) is 6.92 Å². The summed E-state index contributed by atoms with van der Waals surface area (Å²) < 4.78 is 0. The van der Waals surface area contributed by atoms with Gasteiger partial charge in [-0.25, -0.2) is 0 Å². The van der Waals surface area contributed by atoms with E-state index in [1.807, 2.05) is 0 Å². The minimum Gasteiger partial charge on any atom is -0.339 e. The summed E-state index contributed by atoms with van der Waals surface area (Å²) in [6.45, 7) is 4.66. The number of nitrogens with two attached hydrogens (primary N) is 1. The van der Waals surface area contributed by atoms with Crippen molar-refractivity contribution in [2.45, 2.75) is 13.0 Å². The van der Waals surface area contributed by atoms with Crippen LogP contribution < -0.4 is 11.1 Å². The van der Waals surface area contributed by atoms with Crippen molar-refractivity contribution < 1.29 is 4.79 Å². The van der Waals surface area contributed by atoms with Crippen LogP contribution in [-0.4, -0.2) is 43.0 Å². The second kappa shape index (κ2) is 3.69. The summed E-state index contributed by atoms with van der Waals surface area (Å²) in [7, 11) is 0. The van der Waals surface area contributed by atoms with Gasteiger partial charge in [-0.1, -0.05) is 0 Å². The van der Waals surface area contributed by atoms with Gasteiger partial charge in [-0.3, -0.25) is 4.79 Å². The Balaban J connectivity index is 2.39. The predicted octanol–water partition coefficient (Wildman–Crippen LogP) is -1.23. The first-order chi connectivity index (χ1) is 5.24. The van der Waals surface area contributed by atoms with E-state index < -0.39 is 0 Å². The van der Waals surface area contributed by atoms with Crippen molar-refractivity contribution in [3.05, 3.63) is 0 Å². The highest BCUT2D eigenvalue weighted by atomic mass is 16.2. The highest BCUT2D eigenvalue weighted by molar-refractivity contribution is 5.78. The smallest absolute Gasteiger partial charge is 0.236 e. The number of hydrogen-bond acceptors (Lipinski definition) is 3. The maximum atomic E-state index is 11.1. The molecule has 1 aliphatic rings. The van der Waals surface area contributed by atoms with Crippen molar-refractivity contribution in [2.24, 2.45) is 5.73 Å². The van der Waals surface area contributed by atoms with E-state index in [1.54, 1.807) is 4.90 Å². The first kappa shape index (κ1) is 8.49. The Morgan fingerprint density at radius 2 is 2.55 bits per heavy atom. The molecular formula is C7H15N3O. The molecule has 0 saturated carbocycles. The van der Waals surface area contributed by atoms with E-state index in [1.165, 1.54) is 0 Å². The van der Waals surface area contributed by atoms with Crippen LogP contribution in [0.2, 0.25) is 0 Å². The normalized spacial score (nSPS) is 25.3. The van der Waals surface area contributed by atoms with Gasteiger partial charge in [0, 0.05) is 25.7 Å². The third-order valence-electron chi connectivity index (χ3n) is 1.90. The highest BCUT2D eigenvalue weighted by Crippen LogP contribution is 1.97. The second-order valence-corrected chi connectivity index (χ2v) is 2.90. The number of hydrogen-bond donors (Lipinski definition) is 2. The lowest BCUT2D eigenvalue weighted by molar-refractivity contribution is -0.130. The molecule has 0 spiro atoms. The Kier molecular flexibility index (Phi) is 2.84. The predicted molar refractivity (Wildman–Crippen MR) is 43.1 cm³/mol. The van der Waals surface area contributed by atoms with Gasteiger partial charge in [0.15, 0.2) is 0 Å². The molecule has 1 fully saturated rings. The molecule has 64 valence electrons. The molecule has 0 unspecified atom stereocenters. The van der Waals surface area contributed by atoms with E-state index in [9.17, 15) is 4.79 Å². The number of nitrogens with one attached hydrogen (secondary N) is 1. The summed E-state index contributed by atoms with van der Waals surface area (Å²) in [4.78, 5) is 12.9. The Labute approximate surface area is 66.7 Å². The fourth-order valence-electron chi connectivity index (χ4n) is 1.29. The van der Waals surface area contributed by atoms with E-state index in [0.29, 0.717) is 6.04 Å². The van der Waals surface area contributed by atoms with Crippen LogP contribution in [0, 0.1) is 0 Å². The van der Waals surface area contributed by atoms with Gasteiger partial charge < -0.3 is 16.0 Å². The monoisotopic (exact) mass is 157 g/mol. The molecule has 1 heterocycles. The third-order valence-corrected chi connectivity index (χ3v) is 1.90. The fraction of sp³-hybridized carbons (Fsp3) is 0.857. The van der Waals surface area contributed by atoms with Gasteiger partial charge in [0.25, 0.3) is 0 Å². The van der Waals surface area contributed by atoms with Gasteiger partial charge in [0.2, 0.25) is 5.91 Å². The standard InChI is InChI=1S/C7H15N3O/c1-6-5-10(3-2-9-6)7(11)4-8/h6,9H,2-5,8H2,1H3/t6-/m0/s1. The van der Waals surface area contributed by atoms with Gasteiger partial charge in [-0.05, 0) is 6.92 Å². The number of rotatable bonds is 1. The third kappa shape index (κ3) is 2.17. The van der Waals surface area contributed by atoms with E-state index in [4.69, 9.17) is 5.73 Å². The molecule has 1 aliphatic heterocycles.